The van der Waals surface area contributed by atoms with Gasteiger partial charge in [-0.3, -0.25) is 0 Å². The summed E-state index contributed by atoms with van der Waals surface area (Å²) in [4.78, 5) is 0.127. The summed E-state index contributed by atoms with van der Waals surface area (Å²) < 4.78 is 50.2. The molecule has 0 saturated heterocycles. The molecule has 1 N–H and O–H groups in total. The van der Waals surface area contributed by atoms with Gasteiger partial charge in [0.1, 0.15) is 25.4 Å². The molecule has 0 spiro atoms. The van der Waals surface area contributed by atoms with Crippen molar-refractivity contribution < 1.29 is 27.4 Å². The van der Waals surface area contributed by atoms with Crippen LogP contribution in [0.2, 0.25) is 0 Å². The van der Waals surface area contributed by atoms with Crippen molar-refractivity contribution in [1.29, 1.82) is 0 Å². The van der Waals surface area contributed by atoms with Crippen molar-refractivity contribution in [3.8, 4) is 23.0 Å². The lowest BCUT2D eigenvalue weighted by atomic mass is 10.0. The molecule has 2 aliphatic heterocycles. The van der Waals surface area contributed by atoms with E-state index in [1.807, 2.05) is 32.0 Å². The number of hydrogen-bond donors (Lipinski definition) is 1. The molecule has 0 amide bonds. The first-order chi connectivity index (χ1) is 13.3. The van der Waals surface area contributed by atoms with E-state index in [-0.39, 0.29) is 23.6 Å². The van der Waals surface area contributed by atoms with Crippen LogP contribution in [-0.4, -0.2) is 40.4 Å². The van der Waals surface area contributed by atoms with Crippen LogP contribution in [0.4, 0.5) is 0 Å². The van der Waals surface area contributed by atoms with Gasteiger partial charge in [-0.05, 0) is 32.0 Å². The molecule has 2 aromatic carbocycles. The molecular weight excluding hydrogens is 382 g/mol. The summed E-state index contributed by atoms with van der Waals surface area (Å²) in [5.41, 5.74) is 0.834. The summed E-state index contributed by atoms with van der Waals surface area (Å²) in [5, 5.41) is 0. The second-order valence-corrected chi connectivity index (χ2v) is 9.10. The molecule has 0 aliphatic carbocycles. The van der Waals surface area contributed by atoms with E-state index < -0.39 is 10.0 Å². The number of fused-ring (bicyclic) bond motifs is 2. The molecule has 0 bridgehead atoms. The van der Waals surface area contributed by atoms with E-state index in [4.69, 9.17) is 18.9 Å². The third-order valence-corrected chi connectivity index (χ3v) is 5.99. The first-order valence-corrected chi connectivity index (χ1v) is 10.7. The summed E-state index contributed by atoms with van der Waals surface area (Å²) >= 11 is 0. The highest BCUT2D eigenvalue weighted by atomic mass is 32.2. The second-order valence-electron chi connectivity index (χ2n) is 7.33. The van der Waals surface area contributed by atoms with Gasteiger partial charge < -0.3 is 18.9 Å². The van der Waals surface area contributed by atoms with E-state index >= 15 is 0 Å². The first kappa shape index (κ1) is 18.9. The molecule has 0 fully saturated rings. The number of sulfonamides is 1. The lowest BCUT2D eigenvalue weighted by Gasteiger charge is -2.19. The van der Waals surface area contributed by atoms with Gasteiger partial charge in [-0.15, -0.1) is 0 Å². The zero-order valence-electron chi connectivity index (χ0n) is 15.9. The summed E-state index contributed by atoms with van der Waals surface area (Å²) in [6, 6.07) is 10.3. The Morgan fingerprint density at radius 2 is 1.89 bits per heavy atom. The Morgan fingerprint density at radius 3 is 2.71 bits per heavy atom. The Balaban J connectivity index is 1.37. The summed E-state index contributed by atoms with van der Waals surface area (Å²) in [5.74, 6) is 2.35. The third-order valence-electron chi connectivity index (χ3n) is 4.53. The molecule has 0 atom stereocenters. The van der Waals surface area contributed by atoms with Crippen molar-refractivity contribution in [2.24, 2.45) is 0 Å². The highest BCUT2D eigenvalue weighted by Crippen LogP contribution is 2.41. The maximum Gasteiger partial charge on any atom is 0.240 e. The van der Waals surface area contributed by atoms with Crippen LogP contribution in [0.25, 0.3) is 0 Å². The average Bonchev–Trinajstić information content (AvgIpc) is 2.99. The fraction of sp³-hybridized carbons (Fsp3) is 0.400. The van der Waals surface area contributed by atoms with Crippen LogP contribution in [0.3, 0.4) is 0 Å². The highest BCUT2D eigenvalue weighted by Gasteiger charge is 2.32. The molecule has 150 valence electrons. The van der Waals surface area contributed by atoms with Crippen molar-refractivity contribution in [1.82, 2.24) is 4.72 Å². The quantitative estimate of drug-likeness (QED) is 0.744. The molecule has 0 saturated carbocycles. The zero-order chi connectivity index (χ0) is 19.8. The normalized spacial score (nSPS) is 16.9. The summed E-state index contributed by atoms with van der Waals surface area (Å²) in [6.45, 7) is 5.22. The lowest BCUT2D eigenvalue weighted by molar-refractivity contribution is 0.132. The molecule has 4 rings (SSSR count). The van der Waals surface area contributed by atoms with Gasteiger partial charge in [-0.1, -0.05) is 12.1 Å². The topological polar surface area (TPSA) is 83.1 Å². The molecule has 8 heteroatoms. The largest absolute Gasteiger partial charge is 0.488 e. The minimum atomic E-state index is -3.68. The maximum atomic E-state index is 12.5. The Morgan fingerprint density at radius 1 is 1.11 bits per heavy atom. The fourth-order valence-electron chi connectivity index (χ4n) is 3.31. The van der Waals surface area contributed by atoms with Crippen LogP contribution in [-0.2, 0) is 16.4 Å². The monoisotopic (exact) mass is 405 g/mol. The molecule has 7 nitrogen and oxygen atoms in total. The van der Waals surface area contributed by atoms with Crippen LogP contribution in [0.15, 0.2) is 41.3 Å². The molecule has 0 radical (unpaired) electrons. The molecular formula is C20H23NO6S. The fourth-order valence-corrected chi connectivity index (χ4v) is 4.34. The smallest absolute Gasteiger partial charge is 0.240 e. The molecule has 2 heterocycles. The predicted octanol–water partition coefficient (Wildman–Crippen LogP) is 2.53. The maximum absolute atomic E-state index is 12.5. The number of benzene rings is 2. The van der Waals surface area contributed by atoms with E-state index in [1.54, 1.807) is 6.07 Å². The van der Waals surface area contributed by atoms with E-state index in [0.29, 0.717) is 30.5 Å². The number of hydrogen-bond acceptors (Lipinski definition) is 6. The van der Waals surface area contributed by atoms with Gasteiger partial charge in [0, 0.05) is 24.6 Å². The molecule has 0 unspecified atom stereocenters. The van der Waals surface area contributed by atoms with Gasteiger partial charge in [-0.2, -0.15) is 0 Å². The predicted molar refractivity (Wildman–Crippen MR) is 103 cm³/mol. The van der Waals surface area contributed by atoms with Gasteiger partial charge in [0.05, 0.1) is 4.90 Å². The van der Waals surface area contributed by atoms with E-state index in [0.717, 1.165) is 17.7 Å². The Kier molecular flexibility index (Phi) is 4.84. The van der Waals surface area contributed by atoms with Crippen LogP contribution in [0.1, 0.15) is 19.4 Å². The molecule has 2 aliphatic rings. The van der Waals surface area contributed by atoms with Crippen LogP contribution >= 0.6 is 0 Å². The van der Waals surface area contributed by atoms with Crippen molar-refractivity contribution in [2.45, 2.75) is 30.8 Å². The number of rotatable bonds is 6. The highest BCUT2D eigenvalue weighted by molar-refractivity contribution is 7.89. The molecule has 28 heavy (non-hydrogen) atoms. The van der Waals surface area contributed by atoms with Crippen molar-refractivity contribution in [3.05, 3.63) is 42.0 Å². The summed E-state index contributed by atoms with van der Waals surface area (Å²) in [7, 11) is -3.68. The van der Waals surface area contributed by atoms with Crippen molar-refractivity contribution >= 4 is 10.0 Å². The van der Waals surface area contributed by atoms with E-state index in [9.17, 15) is 8.42 Å². The minimum Gasteiger partial charge on any atom is -0.488 e. The van der Waals surface area contributed by atoms with Gasteiger partial charge in [0.25, 0.3) is 0 Å². The Labute approximate surface area is 164 Å². The lowest BCUT2D eigenvalue weighted by Crippen LogP contribution is -2.28. The van der Waals surface area contributed by atoms with Gasteiger partial charge in [0.2, 0.25) is 10.0 Å². The average molecular weight is 405 g/mol. The Bertz CT molecular complexity index is 986. The van der Waals surface area contributed by atoms with E-state index in [1.165, 1.54) is 12.1 Å². The van der Waals surface area contributed by atoms with Crippen LogP contribution in [0, 0.1) is 0 Å². The van der Waals surface area contributed by atoms with Gasteiger partial charge >= 0.3 is 0 Å². The minimum absolute atomic E-state index is 0.127. The Hall–Kier alpha value is -2.45. The third kappa shape index (κ3) is 3.88. The second kappa shape index (κ2) is 7.18. The van der Waals surface area contributed by atoms with Crippen molar-refractivity contribution in [2.75, 3.05) is 26.4 Å². The molecule has 2 aromatic rings. The van der Waals surface area contributed by atoms with Gasteiger partial charge in [0.15, 0.2) is 23.0 Å². The number of nitrogens with one attached hydrogen (secondary N) is 1. The zero-order valence-corrected chi connectivity index (χ0v) is 16.7. The SMILES string of the molecule is CC1(C)Cc2cccc(OCCNS(=O)(=O)c3ccc4c(c3)OCCO4)c2O1. The number of para-hydroxylation sites is 1. The van der Waals surface area contributed by atoms with Crippen LogP contribution < -0.4 is 23.7 Å². The standard InChI is InChI=1S/C20H23NO6S/c1-20(2)13-14-4-3-5-17(19(14)27-20)24-9-8-21-28(22,23)15-6-7-16-18(12-15)26-11-10-25-16/h3-7,12,21H,8-11,13H2,1-2H3. The summed E-state index contributed by atoms with van der Waals surface area (Å²) in [6.07, 6.45) is 0.816. The number of ether oxygens (including phenoxy) is 4. The van der Waals surface area contributed by atoms with E-state index in [2.05, 4.69) is 4.72 Å². The molecule has 0 aromatic heterocycles. The first-order valence-electron chi connectivity index (χ1n) is 9.17. The van der Waals surface area contributed by atoms with Crippen LogP contribution in [0.5, 0.6) is 23.0 Å². The van der Waals surface area contributed by atoms with Crippen molar-refractivity contribution in [3.63, 3.8) is 0 Å². The van der Waals surface area contributed by atoms with Gasteiger partial charge in [-0.25, -0.2) is 13.1 Å².